The van der Waals surface area contributed by atoms with Crippen molar-refractivity contribution in [2.45, 2.75) is 25.9 Å². The highest BCUT2D eigenvalue weighted by molar-refractivity contribution is 9.10. The highest BCUT2D eigenvalue weighted by Gasteiger charge is 2.26. The smallest absolute Gasteiger partial charge is 0.346 e. The number of aromatic carboxylic acids is 1. The number of aromatic nitrogens is 2. The second-order valence-electron chi connectivity index (χ2n) is 5.14. The van der Waals surface area contributed by atoms with Crippen LogP contribution in [-0.4, -0.2) is 26.5 Å². The molecule has 3 rings (SSSR count). The van der Waals surface area contributed by atoms with Crippen molar-refractivity contribution in [2.75, 3.05) is 0 Å². The van der Waals surface area contributed by atoms with Crippen molar-refractivity contribution in [1.29, 1.82) is 0 Å². The van der Waals surface area contributed by atoms with Crippen molar-refractivity contribution < 1.29 is 14.7 Å². The Morgan fingerprint density at radius 2 is 2.36 bits per heavy atom. The van der Waals surface area contributed by atoms with Crippen LogP contribution in [0.25, 0.3) is 0 Å². The average Bonchev–Trinajstić information content (AvgIpc) is 3.11. The summed E-state index contributed by atoms with van der Waals surface area (Å²) in [6, 6.07) is 1.74. The molecule has 2 aromatic heterocycles. The number of fused-ring (bicyclic) bond motifs is 1. The maximum atomic E-state index is 12.3. The van der Waals surface area contributed by atoms with Gasteiger partial charge in [0.25, 0.3) is 0 Å². The number of nitrogens with zero attached hydrogens (tertiary/aromatic N) is 2. The van der Waals surface area contributed by atoms with E-state index >= 15 is 0 Å². The number of imidazole rings is 1. The van der Waals surface area contributed by atoms with Crippen molar-refractivity contribution in [3.05, 3.63) is 38.5 Å². The Morgan fingerprint density at radius 3 is 3.14 bits per heavy atom. The van der Waals surface area contributed by atoms with Crippen molar-refractivity contribution in [3.8, 4) is 0 Å². The monoisotopic (exact) mass is 383 g/mol. The molecular weight excluding hydrogens is 370 g/mol. The van der Waals surface area contributed by atoms with Crippen molar-refractivity contribution in [3.63, 3.8) is 0 Å². The first-order valence-electron chi connectivity index (χ1n) is 6.83. The molecule has 0 saturated carbocycles. The Bertz CT molecular complexity index is 725. The fourth-order valence-electron chi connectivity index (χ4n) is 2.61. The van der Waals surface area contributed by atoms with Crippen LogP contribution < -0.4 is 5.32 Å². The average molecular weight is 384 g/mol. The Kier molecular flexibility index (Phi) is 4.30. The zero-order valence-electron chi connectivity index (χ0n) is 11.6. The van der Waals surface area contributed by atoms with Gasteiger partial charge in [0.1, 0.15) is 15.3 Å². The molecule has 1 atom stereocenters. The molecule has 116 valence electrons. The molecule has 1 aliphatic rings. The van der Waals surface area contributed by atoms with Crippen LogP contribution in [0.2, 0.25) is 0 Å². The van der Waals surface area contributed by atoms with Gasteiger partial charge in [-0.05, 0) is 39.4 Å². The minimum Gasteiger partial charge on any atom is -0.477 e. The summed E-state index contributed by atoms with van der Waals surface area (Å²) < 4.78 is 3.00. The van der Waals surface area contributed by atoms with E-state index in [2.05, 4.69) is 30.8 Å². The minimum atomic E-state index is -0.955. The third kappa shape index (κ3) is 2.93. The number of amides is 1. The van der Waals surface area contributed by atoms with E-state index in [1.165, 1.54) is 11.3 Å². The molecule has 1 amide bonds. The molecule has 1 aliphatic heterocycles. The molecule has 2 aromatic rings. The molecule has 22 heavy (non-hydrogen) atoms. The number of hydrogen-bond acceptors (Lipinski definition) is 4. The number of halogens is 1. The van der Waals surface area contributed by atoms with Gasteiger partial charge in [-0.1, -0.05) is 0 Å². The largest absolute Gasteiger partial charge is 0.477 e. The van der Waals surface area contributed by atoms with Gasteiger partial charge in [0.05, 0.1) is 6.20 Å². The first kappa shape index (κ1) is 15.2. The third-order valence-corrected chi connectivity index (χ3v) is 5.36. The van der Waals surface area contributed by atoms with Gasteiger partial charge >= 0.3 is 5.97 Å². The Hall–Kier alpha value is -1.67. The first-order valence-corrected chi connectivity index (χ1v) is 8.51. The second kappa shape index (κ2) is 6.21. The number of hydrogen-bond donors (Lipinski definition) is 2. The first-order chi connectivity index (χ1) is 10.6. The van der Waals surface area contributed by atoms with Gasteiger partial charge in [-0.15, -0.1) is 11.3 Å². The molecule has 0 aromatic carbocycles. The van der Waals surface area contributed by atoms with Crippen LogP contribution in [-0.2, 0) is 24.3 Å². The summed E-state index contributed by atoms with van der Waals surface area (Å²) in [7, 11) is 0. The van der Waals surface area contributed by atoms with Gasteiger partial charge in [0.2, 0.25) is 5.91 Å². The van der Waals surface area contributed by atoms with Gasteiger partial charge in [-0.2, -0.15) is 0 Å². The molecular formula is C14H14BrN3O3S. The van der Waals surface area contributed by atoms with Crippen molar-refractivity contribution >= 4 is 39.1 Å². The molecule has 6 nitrogen and oxygen atoms in total. The minimum absolute atomic E-state index is 0.0482. The van der Waals surface area contributed by atoms with Gasteiger partial charge in [-0.3, -0.25) is 4.79 Å². The van der Waals surface area contributed by atoms with E-state index in [-0.39, 0.29) is 23.2 Å². The number of carbonyl (C=O) groups is 2. The molecule has 0 radical (unpaired) electrons. The fraction of sp³-hybridized carbons (Fsp3) is 0.357. The predicted molar refractivity (Wildman–Crippen MR) is 84.9 cm³/mol. The third-order valence-electron chi connectivity index (χ3n) is 3.78. The van der Waals surface area contributed by atoms with E-state index in [4.69, 9.17) is 5.11 Å². The quantitative estimate of drug-likeness (QED) is 0.847. The maximum absolute atomic E-state index is 12.3. The van der Waals surface area contributed by atoms with Gasteiger partial charge < -0.3 is 15.0 Å². The van der Waals surface area contributed by atoms with Gasteiger partial charge in [-0.25, -0.2) is 9.78 Å². The van der Waals surface area contributed by atoms with Crippen LogP contribution in [0.15, 0.2) is 22.2 Å². The molecule has 0 fully saturated rings. The lowest BCUT2D eigenvalue weighted by Crippen LogP contribution is -2.35. The lowest BCUT2D eigenvalue weighted by molar-refractivity contribution is -0.125. The number of rotatable bonds is 4. The van der Waals surface area contributed by atoms with E-state index < -0.39 is 5.97 Å². The van der Waals surface area contributed by atoms with E-state index in [1.807, 2.05) is 0 Å². The summed E-state index contributed by atoms with van der Waals surface area (Å²) in [5.74, 6) is -0.217. The van der Waals surface area contributed by atoms with E-state index in [0.717, 1.165) is 23.4 Å². The molecule has 8 heteroatoms. The number of carboxylic acids is 1. The van der Waals surface area contributed by atoms with E-state index in [1.54, 1.807) is 17.6 Å². The van der Waals surface area contributed by atoms with Crippen LogP contribution in [0.4, 0.5) is 0 Å². The van der Waals surface area contributed by atoms with Crippen LogP contribution >= 0.6 is 27.3 Å². The summed E-state index contributed by atoms with van der Waals surface area (Å²) in [5.41, 5.74) is 0.644. The van der Waals surface area contributed by atoms with Crippen LogP contribution in [0, 0.1) is 5.92 Å². The summed E-state index contributed by atoms with van der Waals surface area (Å²) >= 11 is 4.60. The molecule has 0 saturated heterocycles. The summed E-state index contributed by atoms with van der Waals surface area (Å²) in [5, 5.41) is 13.6. The van der Waals surface area contributed by atoms with Crippen LogP contribution in [0.5, 0.6) is 0 Å². The van der Waals surface area contributed by atoms with Crippen molar-refractivity contribution in [2.24, 2.45) is 5.92 Å². The lowest BCUT2D eigenvalue weighted by atomic mass is 9.97. The number of carboxylic acid groups (broad SMARTS) is 1. The summed E-state index contributed by atoms with van der Waals surface area (Å²) in [6.45, 7) is 1.01. The van der Waals surface area contributed by atoms with Gasteiger partial charge in [0.15, 0.2) is 0 Å². The number of nitrogens with one attached hydrogen (secondary N) is 1. The summed E-state index contributed by atoms with van der Waals surface area (Å²) in [6.07, 6.45) is 3.11. The molecule has 1 unspecified atom stereocenters. The maximum Gasteiger partial charge on any atom is 0.346 e. The lowest BCUT2D eigenvalue weighted by Gasteiger charge is -2.23. The van der Waals surface area contributed by atoms with Crippen LogP contribution in [0.3, 0.4) is 0 Å². The summed E-state index contributed by atoms with van der Waals surface area (Å²) in [4.78, 5) is 27.9. The Morgan fingerprint density at radius 1 is 1.55 bits per heavy atom. The normalized spacial score (nSPS) is 17.0. The molecule has 0 spiro atoms. The van der Waals surface area contributed by atoms with Crippen molar-refractivity contribution in [1.82, 2.24) is 14.9 Å². The standard InChI is InChI=1S/C14H14BrN3O3S/c15-10-7-16-11-5-8(1-3-18(10)11)13(19)17-6-9-2-4-22-12(9)14(20)21/h2,4,7-8H,1,3,5-6H2,(H,17,19)(H,20,21). The molecule has 2 N–H and O–H groups in total. The van der Waals surface area contributed by atoms with E-state index in [9.17, 15) is 9.59 Å². The zero-order valence-corrected chi connectivity index (χ0v) is 14.0. The van der Waals surface area contributed by atoms with E-state index in [0.29, 0.717) is 12.0 Å². The number of carbonyl (C=O) groups excluding carboxylic acids is 1. The highest BCUT2D eigenvalue weighted by Crippen LogP contribution is 2.24. The molecule has 0 bridgehead atoms. The van der Waals surface area contributed by atoms with Gasteiger partial charge in [0, 0.05) is 25.4 Å². The zero-order chi connectivity index (χ0) is 15.7. The number of thiophene rings is 1. The SMILES string of the molecule is O=C(O)c1sccc1CNC(=O)C1CCn2c(Br)cnc2C1. The Balaban J connectivity index is 1.61. The molecule has 0 aliphatic carbocycles. The molecule has 3 heterocycles. The van der Waals surface area contributed by atoms with Crippen LogP contribution in [0.1, 0.15) is 27.5 Å². The fourth-order valence-corrected chi connectivity index (χ4v) is 3.85. The second-order valence-corrected chi connectivity index (χ2v) is 6.87. The Labute approximate surface area is 139 Å². The highest BCUT2D eigenvalue weighted by atomic mass is 79.9. The topological polar surface area (TPSA) is 84.2 Å². The predicted octanol–water partition coefficient (Wildman–Crippen LogP) is 2.28.